The first kappa shape index (κ1) is 15.3. The Morgan fingerprint density at radius 3 is 2.46 bits per heavy atom. The Morgan fingerprint density at radius 1 is 1.00 bits per heavy atom. The lowest BCUT2D eigenvalue weighted by molar-refractivity contribution is 0.0794. The second-order valence-corrected chi connectivity index (χ2v) is 6.99. The summed E-state index contributed by atoms with van der Waals surface area (Å²) in [6.45, 7) is 1.70. The molecule has 120 valence electrons. The van der Waals surface area contributed by atoms with Crippen LogP contribution in [-0.4, -0.2) is 28.9 Å². The van der Waals surface area contributed by atoms with Gasteiger partial charge in [-0.1, -0.05) is 46.3 Å². The maximum absolute atomic E-state index is 13.0. The second-order valence-electron chi connectivity index (χ2n) is 6.08. The zero-order valence-corrected chi connectivity index (χ0v) is 14.8. The van der Waals surface area contributed by atoms with E-state index in [9.17, 15) is 4.79 Å². The van der Waals surface area contributed by atoms with Crippen molar-refractivity contribution in [2.45, 2.75) is 12.8 Å². The Bertz CT molecular complexity index is 899. The zero-order chi connectivity index (χ0) is 16.5. The third-order valence-corrected chi connectivity index (χ3v) is 5.01. The van der Waals surface area contributed by atoms with Gasteiger partial charge in [0.05, 0.1) is 16.8 Å². The summed E-state index contributed by atoms with van der Waals surface area (Å²) in [5.41, 5.74) is 3.46. The lowest BCUT2D eigenvalue weighted by atomic mass is 10.0. The number of hydrogen-bond donors (Lipinski definition) is 0. The van der Waals surface area contributed by atoms with Crippen molar-refractivity contribution in [3.05, 3.63) is 64.6 Å². The molecule has 1 saturated heterocycles. The van der Waals surface area contributed by atoms with Gasteiger partial charge in [-0.3, -0.25) is 4.79 Å². The first-order valence-electron chi connectivity index (χ1n) is 8.17. The number of likely N-dealkylation sites (tertiary alicyclic amines) is 1. The van der Waals surface area contributed by atoms with E-state index in [0.717, 1.165) is 58.1 Å². The van der Waals surface area contributed by atoms with Crippen LogP contribution < -0.4 is 0 Å². The summed E-state index contributed by atoms with van der Waals surface area (Å²) in [6, 6.07) is 17.8. The van der Waals surface area contributed by atoms with Crippen molar-refractivity contribution in [2.24, 2.45) is 0 Å². The quantitative estimate of drug-likeness (QED) is 0.633. The van der Waals surface area contributed by atoms with Crippen LogP contribution in [-0.2, 0) is 0 Å². The van der Waals surface area contributed by atoms with Gasteiger partial charge in [0, 0.05) is 28.5 Å². The van der Waals surface area contributed by atoms with Gasteiger partial charge in [0.25, 0.3) is 5.91 Å². The van der Waals surface area contributed by atoms with Gasteiger partial charge in [-0.05, 0) is 37.1 Å². The van der Waals surface area contributed by atoms with Crippen LogP contribution in [0.1, 0.15) is 23.2 Å². The third-order valence-electron chi connectivity index (χ3n) is 4.48. The van der Waals surface area contributed by atoms with Gasteiger partial charge in [-0.15, -0.1) is 0 Å². The van der Waals surface area contributed by atoms with Crippen molar-refractivity contribution < 1.29 is 4.79 Å². The minimum Gasteiger partial charge on any atom is -0.339 e. The summed E-state index contributed by atoms with van der Waals surface area (Å²) in [7, 11) is 0. The number of para-hydroxylation sites is 1. The van der Waals surface area contributed by atoms with Crippen LogP contribution in [0.2, 0.25) is 0 Å². The zero-order valence-electron chi connectivity index (χ0n) is 13.2. The molecule has 4 heteroatoms. The molecule has 3 aromatic rings. The molecule has 0 atom stereocenters. The Labute approximate surface area is 149 Å². The van der Waals surface area contributed by atoms with Gasteiger partial charge >= 0.3 is 0 Å². The van der Waals surface area contributed by atoms with Crippen LogP contribution in [0.25, 0.3) is 22.2 Å². The van der Waals surface area contributed by atoms with Crippen LogP contribution in [0.4, 0.5) is 0 Å². The smallest absolute Gasteiger partial charge is 0.254 e. The summed E-state index contributed by atoms with van der Waals surface area (Å²) in [5.74, 6) is 0.115. The largest absolute Gasteiger partial charge is 0.339 e. The van der Waals surface area contributed by atoms with Crippen molar-refractivity contribution in [3.63, 3.8) is 0 Å². The normalized spacial score (nSPS) is 14.3. The van der Waals surface area contributed by atoms with Crippen molar-refractivity contribution in [1.82, 2.24) is 9.88 Å². The highest BCUT2D eigenvalue weighted by atomic mass is 79.9. The number of pyridine rings is 1. The minimum atomic E-state index is 0.115. The molecule has 0 spiro atoms. The van der Waals surface area contributed by atoms with Crippen LogP contribution in [0.5, 0.6) is 0 Å². The number of aromatic nitrogens is 1. The monoisotopic (exact) mass is 380 g/mol. The summed E-state index contributed by atoms with van der Waals surface area (Å²) in [6.07, 6.45) is 2.18. The van der Waals surface area contributed by atoms with Gasteiger partial charge in [0.15, 0.2) is 0 Å². The Kier molecular flexibility index (Phi) is 4.07. The summed E-state index contributed by atoms with van der Waals surface area (Å²) in [5, 5.41) is 0.926. The molecule has 0 saturated carbocycles. The number of rotatable bonds is 2. The number of benzene rings is 2. The van der Waals surface area contributed by atoms with E-state index < -0.39 is 0 Å². The molecular formula is C20H17BrN2O. The molecule has 4 rings (SSSR count). The highest BCUT2D eigenvalue weighted by Gasteiger charge is 2.22. The highest BCUT2D eigenvalue weighted by molar-refractivity contribution is 9.10. The predicted molar refractivity (Wildman–Crippen MR) is 100 cm³/mol. The summed E-state index contributed by atoms with van der Waals surface area (Å²) >= 11 is 3.46. The number of carbonyl (C=O) groups excluding carboxylic acids is 1. The van der Waals surface area contributed by atoms with E-state index in [1.54, 1.807) is 0 Å². The maximum Gasteiger partial charge on any atom is 0.254 e. The number of nitrogens with zero attached hydrogens (tertiary/aromatic N) is 2. The van der Waals surface area contributed by atoms with Crippen molar-refractivity contribution in [2.75, 3.05) is 13.1 Å². The van der Waals surface area contributed by atoms with Crippen LogP contribution in [0.15, 0.2) is 59.1 Å². The molecule has 2 heterocycles. The standard InChI is InChI=1S/C20H17BrN2O/c21-15-9-7-14(8-10-15)19-13-17(20(24)23-11-3-4-12-23)16-5-1-2-6-18(16)22-19/h1-2,5-10,13H,3-4,11-12H2. The molecule has 1 fully saturated rings. The molecule has 2 aromatic carbocycles. The lowest BCUT2D eigenvalue weighted by Gasteiger charge is -2.17. The average molecular weight is 381 g/mol. The van der Waals surface area contributed by atoms with E-state index in [-0.39, 0.29) is 5.91 Å². The number of halogens is 1. The fourth-order valence-electron chi connectivity index (χ4n) is 3.21. The lowest BCUT2D eigenvalue weighted by Crippen LogP contribution is -2.27. The van der Waals surface area contributed by atoms with E-state index in [0.29, 0.717) is 0 Å². The molecular weight excluding hydrogens is 364 g/mol. The maximum atomic E-state index is 13.0. The molecule has 1 amide bonds. The van der Waals surface area contributed by atoms with Crippen LogP contribution in [0.3, 0.4) is 0 Å². The fraction of sp³-hybridized carbons (Fsp3) is 0.200. The average Bonchev–Trinajstić information content (AvgIpc) is 3.15. The van der Waals surface area contributed by atoms with E-state index in [2.05, 4.69) is 15.9 Å². The molecule has 0 radical (unpaired) electrons. The first-order valence-corrected chi connectivity index (χ1v) is 8.97. The van der Waals surface area contributed by atoms with Crippen LogP contribution in [0, 0.1) is 0 Å². The van der Waals surface area contributed by atoms with Gasteiger partial charge in [-0.2, -0.15) is 0 Å². The molecule has 0 unspecified atom stereocenters. The molecule has 24 heavy (non-hydrogen) atoms. The predicted octanol–water partition coefficient (Wildman–Crippen LogP) is 4.90. The van der Waals surface area contributed by atoms with Crippen molar-refractivity contribution >= 4 is 32.7 Å². The molecule has 1 aromatic heterocycles. The highest BCUT2D eigenvalue weighted by Crippen LogP contribution is 2.27. The molecule has 1 aliphatic rings. The summed E-state index contributed by atoms with van der Waals surface area (Å²) in [4.78, 5) is 19.7. The Morgan fingerprint density at radius 2 is 1.71 bits per heavy atom. The number of fused-ring (bicyclic) bond motifs is 1. The molecule has 3 nitrogen and oxygen atoms in total. The SMILES string of the molecule is O=C(c1cc(-c2ccc(Br)cc2)nc2ccccc12)N1CCCC1. The first-order chi connectivity index (χ1) is 11.7. The van der Waals surface area contributed by atoms with Crippen molar-refractivity contribution in [3.8, 4) is 11.3 Å². The molecule has 0 N–H and O–H groups in total. The third kappa shape index (κ3) is 2.82. The number of hydrogen-bond acceptors (Lipinski definition) is 2. The van der Waals surface area contributed by atoms with Gasteiger partial charge < -0.3 is 4.90 Å². The molecule has 0 bridgehead atoms. The summed E-state index contributed by atoms with van der Waals surface area (Å²) < 4.78 is 1.03. The number of amides is 1. The van der Waals surface area contributed by atoms with E-state index in [1.165, 1.54) is 0 Å². The minimum absolute atomic E-state index is 0.115. The Hall–Kier alpha value is -2.20. The van der Waals surface area contributed by atoms with E-state index >= 15 is 0 Å². The van der Waals surface area contributed by atoms with E-state index in [1.807, 2.05) is 59.5 Å². The molecule has 1 aliphatic heterocycles. The second kappa shape index (κ2) is 6.36. The Balaban J connectivity index is 1.87. The van der Waals surface area contributed by atoms with Crippen molar-refractivity contribution in [1.29, 1.82) is 0 Å². The molecule has 0 aliphatic carbocycles. The topological polar surface area (TPSA) is 33.2 Å². The van der Waals surface area contributed by atoms with E-state index in [4.69, 9.17) is 4.98 Å². The fourth-order valence-corrected chi connectivity index (χ4v) is 3.48. The van der Waals surface area contributed by atoms with Crippen LogP contribution >= 0.6 is 15.9 Å². The van der Waals surface area contributed by atoms with Gasteiger partial charge in [-0.25, -0.2) is 4.98 Å². The van der Waals surface area contributed by atoms with Gasteiger partial charge in [0.1, 0.15) is 0 Å². The number of carbonyl (C=O) groups is 1. The van der Waals surface area contributed by atoms with Gasteiger partial charge in [0.2, 0.25) is 0 Å².